The third-order valence-corrected chi connectivity index (χ3v) is 3.52. The molecule has 1 aromatic carbocycles. The molecule has 0 spiro atoms. The number of nitriles is 1. The fourth-order valence-corrected chi connectivity index (χ4v) is 2.01. The van der Waals surface area contributed by atoms with E-state index in [-0.39, 0.29) is 0 Å². The number of anilines is 1. The number of benzene rings is 1. The maximum absolute atomic E-state index is 11.0. The van der Waals surface area contributed by atoms with Gasteiger partial charge < -0.3 is 10.4 Å². The number of rotatable bonds is 4. The maximum atomic E-state index is 11.0. The molecule has 0 heterocycles. The Balaban J connectivity index is 2.10. The summed E-state index contributed by atoms with van der Waals surface area (Å²) in [4.78, 5) is 11.0. The maximum Gasteiger partial charge on any atom is 0.311 e. The fourth-order valence-electron chi connectivity index (χ4n) is 1.64. The van der Waals surface area contributed by atoms with Crippen LogP contribution in [0.4, 0.5) is 5.69 Å². The van der Waals surface area contributed by atoms with Crippen molar-refractivity contribution in [3.05, 3.63) is 28.2 Å². The predicted molar refractivity (Wildman–Crippen MR) is 66.6 cm³/mol. The van der Waals surface area contributed by atoms with Crippen molar-refractivity contribution in [1.29, 1.82) is 5.26 Å². The number of carbonyl (C=O) groups is 1. The fraction of sp³-hybridized carbons (Fsp3) is 0.333. The first kappa shape index (κ1) is 11.9. The van der Waals surface area contributed by atoms with Gasteiger partial charge >= 0.3 is 5.97 Å². The molecule has 4 nitrogen and oxygen atoms in total. The largest absolute Gasteiger partial charge is 0.481 e. The smallest absolute Gasteiger partial charge is 0.311 e. The summed E-state index contributed by atoms with van der Waals surface area (Å²) in [5, 5.41) is 21.1. The zero-order valence-corrected chi connectivity index (χ0v) is 10.6. The van der Waals surface area contributed by atoms with Gasteiger partial charge in [0.05, 0.1) is 16.7 Å². The van der Waals surface area contributed by atoms with Crippen molar-refractivity contribution in [2.75, 3.05) is 11.9 Å². The highest BCUT2D eigenvalue weighted by Crippen LogP contribution is 2.45. The summed E-state index contributed by atoms with van der Waals surface area (Å²) >= 11 is 3.29. The van der Waals surface area contributed by atoms with E-state index in [0.29, 0.717) is 30.6 Å². The van der Waals surface area contributed by atoms with E-state index in [1.54, 1.807) is 12.1 Å². The predicted octanol–water partition coefficient (Wildman–Crippen LogP) is 2.60. The Bertz CT molecular complexity index is 504. The molecule has 5 heteroatoms. The van der Waals surface area contributed by atoms with Gasteiger partial charge in [0.15, 0.2) is 0 Å². The Hall–Kier alpha value is -1.54. The molecule has 1 saturated carbocycles. The first-order valence-electron chi connectivity index (χ1n) is 5.24. The summed E-state index contributed by atoms with van der Waals surface area (Å²) in [6.45, 7) is 0.374. The number of hydrogen-bond acceptors (Lipinski definition) is 3. The molecule has 0 bridgehead atoms. The molecule has 17 heavy (non-hydrogen) atoms. The van der Waals surface area contributed by atoms with Gasteiger partial charge in [0.2, 0.25) is 0 Å². The molecule has 0 aliphatic heterocycles. The zero-order chi connectivity index (χ0) is 12.5. The van der Waals surface area contributed by atoms with E-state index in [1.807, 2.05) is 6.07 Å². The van der Waals surface area contributed by atoms with Crippen LogP contribution in [0.2, 0.25) is 0 Å². The van der Waals surface area contributed by atoms with Crippen LogP contribution >= 0.6 is 15.9 Å². The first-order valence-corrected chi connectivity index (χ1v) is 6.04. The molecule has 0 unspecified atom stereocenters. The molecule has 0 atom stereocenters. The minimum absolute atomic E-state index is 0.374. The monoisotopic (exact) mass is 294 g/mol. The van der Waals surface area contributed by atoms with Gasteiger partial charge in [-0.2, -0.15) is 5.26 Å². The lowest BCUT2D eigenvalue weighted by Gasteiger charge is -2.13. The summed E-state index contributed by atoms with van der Waals surface area (Å²) in [5.74, 6) is -0.763. The van der Waals surface area contributed by atoms with Crippen molar-refractivity contribution in [2.45, 2.75) is 12.8 Å². The van der Waals surface area contributed by atoms with Crippen molar-refractivity contribution in [2.24, 2.45) is 5.41 Å². The van der Waals surface area contributed by atoms with E-state index >= 15 is 0 Å². The second-order valence-corrected chi connectivity index (χ2v) is 5.16. The Morgan fingerprint density at radius 2 is 2.29 bits per heavy atom. The van der Waals surface area contributed by atoms with Crippen LogP contribution < -0.4 is 5.32 Å². The topological polar surface area (TPSA) is 73.1 Å². The zero-order valence-electron chi connectivity index (χ0n) is 9.03. The summed E-state index contributed by atoms with van der Waals surface area (Å²) < 4.78 is 0.832. The van der Waals surface area contributed by atoms with E-state index in [9.17, 15) is 4.79 Å². The Morgan fingerprint density at radius 1 is 1.59 bits per heavy atom. The Morgan fingerprint density at radius 3 is 2.82 bits per heavy atom. The number of aliphatic carboxylic acids is 1. The van der Waals surface area contributed by atoms with Gasteiger partial charge in [0.25, 0.3) is 0 Å². The highest BCUT2D eigenvalue weighted by atomic mass is 79.9. The van der Waals surface area contributed by atoms with Crippen LogP contribution in [0.25, 0.3) is 0 Å². The van der Waals surface area contributed by atoms with Crippen LogP contribution in [0.15, 0.2) is 22.7 Å². The summed E-state index contributed by atoms with van der Waals surface area (Å²) in [6.07, 6.45) is 1.40. The number of halogens is 1. The average molecular weight is 295 g/mol. The van der Waals surface area contributed by atoms with E-state index in [4.69, 9.17) is 10.4 Å². The van der Waals surface area contributed by atoms with Gasteiger partial charge in [-0.3, -0.25) is 4.79 Å². The highest BCUT2D eigenvalue weighted by molar-refractivity contribution is 9.10. The van der Waals surface area contributed by atoms with Crippen molar-refractivity contribution < 1.29 is 9.90 Å². The van der Waals surface area contributed by atoms with Crippen LogP contribution in [0.3, 0.4) is 0 Å². The van der Waals surface area contributed by atoms with E-state index in [2.05, 4.69) is 27.3 Å². The van der Waals surface area contributed by atoms with Gasteiger partial charge in [-0.05, 0) is 31.0 Å². The number of nitrogens with one attached hydrogen (secondary N) is 1. The molecule has 0 saturated heterocycles. The van der Waals surface area contributed by atoms with Crippen molar-refractivity contribution in [3.8, 4) is 6.07 Å². The third kappa shape index (κ3) is 2.42. The van der Waals surface area contributed by atoms with E-state index in [0.717, 1.165) is 4.47 Å². The SMILES string of the molecule is N#Cc1cc(Br)ccc1NCC1(C(=O)O)CC1. The molecule has 1 fully saturated rings. The highest BCUT2D eigenvalue weighted by Gasteiger charge is 2.50. The molecule has 1 aromatic rings. The molecule has 2 rings (SSSR count). The molecular formula is C12H11BrN2O2. The summed E-state index contributed by atoms with van der Waals surface area (Å²) in [6, 6.07) is 7.39. The van der Waals surface area contributed by atoms with E-state index < -0.39 is 11.4 Å². The van der Waals surface area contributed by atoms with Gasteiger partial charge in [-0.15, -0.1) is 0 Å². The number of nitrogens with zero attached hydrogens (tertiary/aromatic N) is 1. The van der Waals surface area contributed by atoms with Crippen molar-refractivity contribution >= 4 is 27.6 Å². The normalized spacial score (nSPS) is 16.0. The van der Waals surface area contributed by atoms with Crippen LogP contribution in [-0.4, -0.2) is 17.6 Å². The quantitative estimate of drug-likeness (QED) is 0.895. The van der Waals surface area contributed by atoms with Crippen molar-refractivity contribution in [3.63, 3.8) is 0 Å². The lowest BCUT2D eigenvalue weighted by atomic mass is 10.1. The molecule has 1 aliphatic rings. The van der Waals surface area contributed by atoms with Gasteiger partial charge in [-0.1, -0.05) is 15.9 Å². The molecule has 88 valence electrons. The molecule has 0 amide bonds. The Kier molecular flexibility index (Phi) is 3.07. The number of carboxylic acids is 1. The van der Waals surface area contributed by atoms with E-state index in [1.165, 1.54) is 0 Å². The lowest BCUT2D eigenvalue weighted by molar-refractivity contribution is -0.142. The first-order chi connectivity index (χ1) is 8.07. The second kappa shape index (κ2) is 4.38. The summed E-state index contributed by atoms with van der Waals surface area (Å²) in [7, 11) is 0. The van der Waals surface area contributed by atoms with Gasteiger partial charge in [0.1, 0.15) is 6.07 Å². The van der Waals surface area contributed by atoms with Gasteiger partial charge in [-0.25, -0.2) is 0 Å². The molecule has 1 aliphatic carbocycles. The summed E-state index contributed by atoms with van der Waals surface area (Å²) in [5.41, 5.74) is 0.573. The van der Waals surface area contributed by atoms with Crippen LogP contribution in [-0.2, 0) is 4.79 Å². The average Bonchev–Trinajstić information content (AvgIpc) is 3.08. The van der Waals surface area contributed by atoms with Gasteiger partial charge in [0, 0.05) is 11.0 Å². The molecular weight excluding hydrogens is 284 g/mol. The Labute approximate surface area is 107 Å². The lowest BCUT2D eigenvalue weighted by Crippen LogP contribution is -2.24. The third-order valence-electron chi connectivity index (χ3n) is 3.03. The molecule has 0 radical (unpaired) electrons. The number of carboxylic acid groups (broad SMARTS) is 1. The van der Waals surface area contributed by atoms with Crippen LogP contribution in [0, 0.1) is 16.7 Å². The van der Waals surface area contributed by atoms with Crippen LogP contribution in [0.5, 0.6) is 0 Å². The standard InChI is InChI=1S/C12H11BrN2O2/c13-9-1-2-10(8(5-9)6-14)15-7-12(3-4-12)11(16)17/h1-2,5,15H,3-4,7H2,(H,16,17). The minimum Gasteiger partial charge on any atom is -0.481 e. The minimum atomic E-state index is -0.763. The molecule has 0 aromatic heterocycles. The van der Waals surface area contributed by atoms with Crippen LogP contribution in [0.1, 0.15) is 18.4 Å². The van der Waals surface area contributed by atoms with Crippen molar-refractivity contribution in [1.82, 2.24) is 0 Å². The molecule has 2 N–H and O–H groups in total. The second-order valence-electron chi connectivity index (χ2n) is 4.24. The number of hydrogen-bond donors (Lipinski definition) is 2.